The number of amides is 3. The number of carboxylic acids is 1. The highest BCUT2D eigenvalue weighted by molar-refractivity contribution is 5.95. The summed E-state index contributed by atoms with van der Waals surface area (Å²) in [5, 5.41) is 18.8. The summed E-state index contributed by atoms with van der Waals surface area (Å²) in [7, 11) is 1.46. The molecule has 0 saturated carbocycles. The van der Waals surface area contributed by atoms with E-state index in [1.54, 1.807) is 0 Å². The van der Waals surface area contributed by atoms with Crippen LogP contribution in [0.5, 0.6) is 0 Å². The Labute approximate surface area is 116 Å². The number of nitrogens with zero attached hydrogens (tertiary/aromatic N) is 2. The second-order valence-corrected chi connectivity index (χ2v) is 3.63. The minimum Gasteiger partial charge on any atom is -0.480 e. The van der Waals surface area contributed by atoms with Crippen molar-refractivity contribution in [2.75, 3.05) is 40.0 Å². The van der Waals surface area contributed by atoms with Gasteiger partial charge in [0.1, 0.15) is 13.2 Å². The van der Waals surface area contributed by atoms with Gasteiger partial charge in [-0.3, -0.25) is 10.1 Å². The number of imide groups is 1. The first-order valence-corrected chi connectivity index (χ1v) is 5.75. The molecule has 0 radical (unpaired) electrons. The second kappa shape index (κ2) is 10.7. The van der Waals surface area contributed by atoms with Crippen molar-refractivity contribution < 1.29 is 29.0 Å². The molecule has 0 aromatic rings. The van der Waals surface area contributed by atoms with Gasteiger partial charge in [-0.05, 0) is 0 Å². The number of carboxylic acid groups (broad SMARTS) is 1. The third-order valence-corrected chi connectivity index (χ3v) is 2.05. The van der Waals surface area contributed by atoms with Gasteiger partial charge in [0.2, 0.25) is 0 Å². The molecule has 0 aromatic heterocycles. The molecule has 0 aliphatic carbocycles. The van der Waals surface area contributed by atoms with Crippen LogP contribution >= 0.6 is 0 Å². The Morgan fingerprint density at radius 1 is 1.30 bits per heavy atom. The highest BCUT2D eigenvalue weighted by atomic mass is 16.5. The number of rotatable bonds is 9. The number of ether oxygens (including phenoxy) is 2. The van der Waals surface area contributed by atoms with Gasteiger partial charge < -0.3 is 19.5 Å². The smallest absolute Gasteiger partial charge is 0.329 e. The van der Waals surface area contributed by atoms with Crippen molar-refractivity contribution in [3.05, 3.63) is 0 Å². The molecule has 0 saturated heterocycles. The molecule has 9 nitrogen and oxygen atoms in total. The SMILES string of the molecule is COCCN(CCC#N)C(=O)NC(=O)COCC(=O)O. The van der Waals surface area contributed by atoms with Crippen LogP contribution in [0.1, 0.15) is 6.42 Å². The molecule has 2 N–H and O–H groups in total. The van der Waals surface area contributed by atoms with Crippen molar-refractivity contribution in [3.8, 4) is 6.07 Å². The van der Waals surface area contributed by atoms with Crippen LogP contribution in [0.3, 0.4) is 0 Å². The van der Waals surface area contributed by atoms with Crippen molar-refractivity contribution in [1.82, 2.24) is 10.2 Å². The molecule has 0 spiro atoms. The molecule has 20 heavy (non-hydrogen) atoms. The molecule has 112 valence electrons. The zero-order chi connectivity index (χ0) is 15.4. The maximum Gasteiger partial charge on any atom is 0.329 e. The molecule has 3 amide bonds. The van der Waals surface area contributed by atoms with Crippen molar-refractivity contribution >= 4 is 17.9 Å². The van der Waals surface area contributed by atoms with Gasteiger partial charge >= 0.3 is 12.0 Å². The Bertz CT molecular complexity index is 379. The summed E-state index contributed by atoms with van der Waals surface area (Å²) in [5.41, 5.74) is 0. The topological polar surface area (TPSA) is 129 Å². The van der Waals surface area contributed by atoms with Crippen LogP contribution in [0.2, 0.25) is 0 Å². The van der Waals surface area contributed by atoms with Crippen LogP contribution in [-0.2, 0) is 19.1 Å². The number of methoxy groups -OCH3 is 1. The molecule has 9 heteroatoms. The highest BCUT2D eigenvalue weighted by Gasteiger charge is 2.16. The monoisotopic (exact) mass is 287 g/mol. The number of hydrogen-bond donors (Lipinski definition) is 2. The van der Waals surface area contributed by atoms with Crippen molar-refractivity contribution in [2.45, 2.75) is 6.42 Å². The largest absolute Gasteiger partial charge is 0.480 e. The summed E-state index contributed by atoms with van der Waals surface area (Å²) in [5.74, 6) is -1.96. The molecule has 0 atom stereocenters. The lowest BCUT2D eigenvalue weighted by Crippen LogP contribution is -2.45. The van der Waals surface area contributed by atoms with Gasteiger partial charge in [-0.2, -0.15) is 5.26 Å². The standard InChI is InChI=1S/C11H17N3O6/c1-19-6-5-14(4-2-3-12)11(18)13-9(15)7-20-8-10(16)17/h2,4-8H2,1H3,(H,16,17)(H,13,15,18). The molecule has 0 fully saturated rings. The Hall–Kier alpha value is -2.18. The van der Waals surface area contributed by atoms with Crippen LogP contribution in [0, 0.1) is 11.3 Å². The number of hydrogen-bond acceptors (Lipinski definition) is 6. The van der Waals surface area contributed by atoms with Crippen molar-refractivity contribution in [2.24, 2.45) is 0 Å². The summed E-state index contributed by atoms with van der Waals surface area (Å²) in [6.45, 7) is -0.497. The van der Waals surface area contributed by atoms with Gasteiger partial charge in [0.05, 0.1) is 19.1 Å². The van der Waals surface area contributed by atoms with E-state index in [1.165, 1.54) is 12.0 Å². The minimum absolute atomic E-state index is 0.126. The van der Waals surface area contributed by atoms with Crippen molar-refractivity contribution in [1.29, 1.82) is 5.26 Å². The number of carbonyl (C=O) groups excluding carboxylic acids is 2. The maximum absolute atomic E-state index is 11.7. The van der Waals surface area contributed by atoms with E-state index in [2.05, 4.69) is 4.74 Å². The molecular formula is C11H17N3O6. The van der Waals surface area contributed by atoms with Crippen LogP contribution in [0.25, 0.3) is 0 Å². The van der Waals surface area contributed by atoms with E-state index >= 15 is 0 Å². The molecule has 0 heterocycles. The first kappa shape index (κ1) is 17.8. The fraction of sp³-hybridized carbons (Fsp3) is 0.636. The van der Waals surface area contributed by atoms with E-state index in [0.29, 0.717) is 0 Å². The lowest BCUT2D eigenvalue weighted by molar-refractivity contribution is -0.143. The van der Waals surface area contributed by atoms with E-state index in [-0.39, 0.29) is 26.1 Å². The first-order chi connectivity index (χ1) is 9.51. The van der Waals surface area contributed by atoms with E-state index in [9.17, 15) is 14.4 Å². The van der Waals surface area contributed by atoms with Crippen molar-refractivity contribution in [3.63, 3.8) is 0 Å². The minimum atomic E-state index is -1.21. The lowest BCUT2D eigenvalue weighted by atomic mass is 10.4. The zero-order valence-corrected chi connectivity index (χ0v) is 11.1. The van der Waals surface area contributed by atoms with Gasteiger partial charge in [-0.15, -0.1) is 0 Å². The van der Waals surface area contributed by atoms with Crippen LogP contribution in [0.15, 0.2) is 0 Å². The Kier molecular flexibility index (Phi) is 9.55. The summed E-state index contributed by atoms with van der Waals surface area (Å²) < 4.78 is 9.36. The average Bonchev–Trinajstić information content (AvgIpc) is 2.38. The average molecular weight is 287 g/mol. The summed E-state index contributed by atoms with van der Waals surface area (Å²) in [6.07, 6.45) is 0.126. The number of nitriles is 1. The predicted molar refractivity (Wildman–Crippen MR) is 65.7 cm³/mol. The maximum atomic E-state index is 11.7. The van der Waals surface area contributed by atoms with E-state index in [4.69, 9.17) is 15.1 Å². The van der Waals surface area contributed by atoms with Gasteiger partial charge in [0.15, 0.2) is 0 Å². The molecule has 0 aliphatic heterocycles. The second-order valence-electron chi connectivity index (χ2n) is 3.63. The van der Waals surface area contributed by atoms with Gasteiger partial charge in [0.25, 0.3) is 5.91 Å². The van der Waals surface area contributed by atoms with E-state index in [0.717, 1.165) is 0 Å². The van der Waals surface area contributed by atoms with Crippen LogP contribution in [-0.4, -0.2) is 67.9 Å². The molecular weight excluding hydrogens is 270 g/mol. The summed E-state index contributed by atoms with van der Waals surface area (Å²) >= 11 is 0. The molecule has 0 rings (SSSR count). The van der Waals surface area contributed by atoms with Gasteiger partial charge in [0, 0.05) is 20.2 Å². The Morgan fingerprint density at radius 3 is 2.55 bits per heavy atom. The predicted octanol–water partition coefficient (Wildman–Crippen LogP) is -0.814. The van der Waals surface area contributed by atoms with E-state index < -0.39 is 31.1 Å². The number of urea groups is 1. The Morgan fingerprint density at radius 2 is 2.00 bits per heavy atom. The summed E-state index contributed by atoms with van der Waals surface area (Å²) in [4.78, 5) is 34.5. The van der Waals surface area contributed by atoms with E-state index in [1.807, 2.05) is 11.4 Å². The quantitative estimate of drug-likeness (QED) is 0.567. The molecule has 0 aliphatic rings. The fourth-order valence-electron chi connectivity index (χ4n) is 1.17. The van der Waals surface area contributed by atoms with Gasteiger partial charge in [-0.1, -0.05) is 0 Å². The molecule has 0 aromatic carbocycles. The number of aliphatic carboxylic acids is 1. The zero-order valence-electron chi connectivity index (χ0n) is 11.1. The number of carbonyl (C=O) groups is 3. The third-order valence-electron chi connectivity index (χ3n) is 2.05. The Balaban J connectivity index is 4.18. The highest BCUT2D eigenvalue weighted by Crippen LogP contribution is 1.93. The van der Waals surface area contributed by atoms with Gasteiger partial charge in [-0.25, -0.2) is 9.59 Å². The molecule has 0 bridgehead atoms. The normalized spacial score (nSPS) is 9.60. The lowest BCUT2D eigenvalue weighted by Gasteiger charge is -2.21. The number of nitrogens with one attached hydrogen (secondary N) is 1. The van der Waals surface area contributed by atoms with Crippen LogP contribution < -0.4 is 5.32 Å². The fourth-order valence-corrected chi connectivity index (χ4v) is 1.17. The molecule has 0 unspecified atom stereocenters. The first-order valence-electron chi connectivity index (χ1n) is 5.75. The third kappa shape index (κ3) is 8.84. The van der Waals surface area contributed by atoms with Crippen LogP contribution in [0.4, 0.5) is 4.79 Å². The summed E-state index contributed by atoms with van der Waals surface area (Å²) in [6, 6.07) is 1.21.